The van der Waals surface area contributed by atoms with Gasteiger partial charge < -0.3 is 9.87 Å². The summed E-state index contributed by atoms with van der Waals surface area (Å²) in [5.41, 5.74) is 1.87. The summed E-state index contributed by atoms with van der Waals surface area (Å²) >= 11 is -0.928. The largest absolute Gasteiger partial charge is 0.320 e. The maximum absolute atomic E-state index is 11.7. The molecule has 1 unspecified atom stereocenters. The lowest BCUT2D eigenvalue weighted by Gasteiger charge is -2.06. The molecule has 0 saturated heterocycles. The van der Waals surface area contributed by atoms with Crippen LogP contribution >= 0.6 is 11.3 Å². The number of carbonyl (C=O) groups is 1. The zero-order valence-corrected chi connectivity index (χ0v) is 10.1. The third-order valence-corrected chi connectivity index (χ3v) is 3.48. The Balaban J connectivity index is 2.25. The van der Waals surface area contributed by atoms with Gasteiger partial charge in [-0.1, -0.05) is 12.1 Å². The van der Waals surface area contributed by atoms with Crippen molar-refractivity contribution in [2.45, 2.75) is 4.90 Å². The van der Waals surface area contributed by atoms with E-state index in [1.165, 1.54) is 23.6 Å². The van der Waals surface area contributed by atoms with E-state index in [9.17, 15) is 9.00 Å². The van der Waals surface area contributed by atoms with Crippen LogP contribution in [0.3, 0.4) is 0 Å². The molecule has 0 fully saturated rings. The minimum atomic E-state index is -2.13. The van der Waals surface area contributed by atoms with E-state index in [0.717, 1.165) is 0 Å². The number of anilines is 1. The van der Waals surface area contributed by atoms with Crippen LogP contribution < -0.4 is 5.32 Å². The van der Waals surface area contributed by atoms with E-state index in [2.05, 4.69) is 10.3 Å². The molecule has 2 aromatic rings. The molecule has 1 amide bonds. The molecule has 2 N–H and O–H groups in total. The van der Waals surface area contributed by atoms with Crippen LogP contribution in [0.2, 0.25) is 0 Å². The quantitative estimate of drug-likeness (QED) is 0.834. The fraction of sp³-hybridized carbons (Fsp3) is 0. The number of benzene rings is 1. The normalized spacial score (nSPS) is 12.1. The van der Waals surface area contributed by atoms with Crippen molar-refractivity contribution >= 4 is 34.0 Å². The molecule has 0 bridgehead atoms. The molecule has 0 aliphatic rings. The van der Waals surface area contributed by atoms with E-state index >= 15 is 0 Å². The standard InChI is InChI=1S/C10H8N2O3S2/c13-10(8-5-11-6-16-8)12-7-3-1-2-4-9(7)17(14)15/h1-6H,(H,12,13)(H,14,15). The first-order valence-electron chi connectivity index (χ1n) is 4.58. The van der Waals surface area contributed by atoms with Crippen molar-refractivity contribution in [3.63, 3.8) is 0 Å². The number of nitrogens with one attached hydrogen (secondary N) is 1. The molecule has 5 nitrogen and oxygen atoms in total. The Morgan fingerprint density at radius 1 is 1.41 bits per heavy atom. The number of thiazole rings is 1. The number of rotatable bonds is 3. The van der Waals surface area contributed by atoms with E-state index in [1.807, 2.05) is 0 Å². The van der Waals surface area contributed by atoms with Gasteiger partial charge in [-0.3, -0.25) is 9.78 Å². The Morgan fingerprint density at radius 2 is 2.18 bits per heavy atom. The molecule has 7 heteroatoms. The lowest BCUT2D eigenvalue weighted by Crippen LogP contribution is -2.12. The lowest BCUT2D eigenvalue weighted by atomic mass is 10.3. The molecule has 88 valence electrons. The van der Waals surface area contributed by atoms with Crippen molar-refractivity contribution in [2.24, 2.45) is 0 Å². The average molecular weight is 268 g/mol. The molecule has 0 saturated carbocycles. The first-order chi connectivity index (χ1) is 8.18. The first-order valence-corrected chi connectivity index (χ1v) is 6.57. The van der Waals surface area contributed by atoms with Crippen LogP contribution in [-0.4, -0.2) is 19.7 Å². The highest BCUT2D eigenvalue weighted by Gasteiger charge is 2.12. The summed E-state index contributed by atoms with van der Waals surface area (Å²) in [5.74, 6) is -0.342. The molecule has 1 atom stereocenters. The van der Waals surface area contributed by atoms with Gasteiger partial charge in [-0.15, -0.1) is 11.3 Å². The lowest BCUT2D eigenvalue weighted by molar-refractivity contribution is 0.103. The number of hydrogen-bond acceptors (Lipinski definition) is 4. The van der Waals surface area contributed by atoms with Gasteiger partial charge in [0.2, 0.25) is 0 Å². The van der Waals surface area contributed by atoms with Crippen LogP contribution in [0.15, 0.2) is 40.9 Å². The Morgan fingerprint density at radius 3 is 2.82 bits per heavy atom. The summed E-state index contributed by atoms with van der Waals surface area (Å²) < 4.78 is 20.1. The van der Waals surface area contributed by atoms with Gasteiger partial charge >= 0.3 is 0 Å². The highest BCUT2D eigenvalue weighted by molar-refractivity contribution is 7.79. The van der Waals surface area contributed by atoms with Gasteiger partial charge in [-0.25, -0.2) is 4.21 Å². The molecule has 1 aromatic heterocycles. The first kappa shape index (κ1) is 11.9. The summed E-state index contributed by atoms with van der Waals surface area (Å²) in [6.07, 6.45) is 1.44. The second kappa shape index (κ2) is 5.17. The van der Waals surface area contributed by atoms with Crippen molar-refractivity contribution in [1.29, 1.82) is 0 Å². The van der Waals surface area contributed by atoms with Crippen molar-refractivity contribution in [3.8, 4) is 0 Å². The Hall–Kier alpha value is -1.57. The average Bonchev–Trinajstić information content (AvgIpc) is 2.83. The third-order valence-electron chi connectivity index (χ3n) is 1.98. The van der Waals surface area contributed by atoms with E-state index in [-0.39, 0.29) is 10.8 Å². The van der Waals surface area contributed by atoms with Crippen molar-refractivity contribution in [2.75, 3.05) is 5.32 Å². The molecule has 0 aliphatic carbocycles. The van der Waals surface area contributed by atoms with Gasteiger partial charge in [0.05, 0.1) is 22.3 Å². The number of para-hydroxylation sites is 1. The highest BCUT2D eigenvalue weighted by Crippen LogP contribution is 2.19. The molecular formula is C10H8N2O3S2. The number of amides is 1. The highest BCUT2D eigenvalue weighted by atomic mass is 32.2. The van der Waals surface area contributed by atoms with Crippen LogP contribution in [0.1, 0.15) is 9.67 Å². The molecule has 0 aliphatic heterocycles. The zero-order chi connectivity index (χ0) is 12.3. The minimum Gasteiger partial charge on any atom is -0.320 e. The van der Waals surface area contributed by atoms with E-state index in [4.69, 9.17) is 4.55 Å². The van der Waals surface area contributed by atoms with Gasteiger partial charge in [-0.05, 0) is 12.1 Å². The van der Waals surface area contributed by atoms with Gasteiger partial charge in [0, 0.05) is 0 Å². The molecular weight excluding hydrogens is 260 g/mol. The fourth-order valence-electron chi connectivity index (χ4n) is 1.23. The maximum Gasteiger partial charge on any atom is 0.267 e. The monoisotopic (exact) mass is 268 g/mol. The molecule has 0 spiro atoms. The van der Waals surface area contributed by atoms with Crippen LogP contribution in [0.5, 0.6) is 0 Å². The van der Waals surface area contributed by atoms with Crippen molar-refractivity contribution in [1.82, 2.24) is 4.98 Å². The summed E-state index contributed by atoms with van der Waals surface area (Å²) in [6.45, 7) is 0. The van der Waals surface area contributed by atoms with E-state index in [0.29, 0.717) is 10.6 Å². The third kappa shape index (κ3) is 2.76. The zero-order valence-electron chi connectivity index (χ0n) is 8.49. The SMILES string of the molecule is O=C(Nc1ccccc1S(=O)O)c1cncs1. The molecule has 1 aromatic carbocycles. The topological polar surface area (TPSA) is 79.3 Å². The number of nitrogens with zero attached hydrogens (tertiary/aromatic N) is 1. The summed E-state index contributed by atoms with van der Waals surface area (Å²) in [6, 6.07) is 6.37. The Bertz CT molecular complexity index is 554. The molecule has 2 rings (SSSR count). The second-order valence-electron chi connectivity index (χ2n) is 3.07. The smallest absolute Gasteiger partial charge is 0.267 e. The fourth-order valence-corrected chi connectivity index (χ4v) is 2.25. The van der Waals surface area contributed by atoms with Gasteiger partial charge in [0.15, 0.2) is 11.1 Å². The van der Waals surface area contributed by atoms with E-state index in [1.54, 1.807) is 23.7 Å². The van der Waals surface area contributed by atoms with Crippen molar-refractivity contribution in [3.05, 3.63) is 40.8 Å². The number of carbonyl (C=O) groups excluding carboxylic acids is 1. The predicted molar refractivity (Wildman–Crippen MR) is 65.5 cm³/mol. The minimum absolute atomic E-state index is 0.172. The number of aromatic nitrogens is 1. The second-order valence-corrected chi connectivity index (χ2v) is 4.89. The van der Waals surface area contributed by atoms with Crippen molar-refractivity contribution < 1.29 is 13.6 Å². The maximum atomic E-state index is 11.7. The summed E-state index contributed by atoms with van der Waals surface area (Å²) in [7, 11) is 0. The van der Waals surface area contributed by atoms with E-state index < -0.39 is 11.1 Å². The summed E-state index contributed by atoms with van der Waals surface area (Å²) in [4.78, 5) is 16.1. The predicted octanol–water partition coefficient (Wildman–Crippen LogP) is 1.98. The van der Waals surface area contributed by atoms with Gasteiger partial charge in [-0.2, -0.15) is 0 Å². The van der Waals surface area contributed by atoms with Gasteiger partial charge in [0.25, 0.3) is 5.91 Å². The number of hydrogen-bond donors (Lipinski definition) is 2. The van der Waals surface area contributed by atoms with Gasteiger partial charge in [0.1, 0.15) is 4.88 Å². The summed E-state index contributed by atoms with van der Waals surface area (Å²) in [5, 5.41) is 2.57. The Labute approximate surface area is 104 Å². The molecule has 1 heterocycles. The Kier molecular flexibility index (Phi) is 3.62. The van der Waals surface area contributed by atoms with Crippen LogP contribution in [-0.2, 0) is 11.1 Å². The van der Waals surface area contributed by atoms with Crippen LogP contribution in [0.4, 0.5) is 5.69 Å². The molecule has 0 radical (unpaired) electrons. The van der Waals surface area contributed by atoms with Crippen LogP contribution in [0, 0.1) is 0 Å². The van der Waals surface area contributed by atoms with Crippen LogP contribution in [0.25, 0.3) is 0 Å². The molecule has 17 heavy (non-hydrogen) atoms.